The molecule has 2 rings (SSSR count). The number of amides is 1. The number of anilines is 2. The number of aromatic nitrogens is 1. The monoisotopic (exact) mass is 295 g/mol. The van der Waals surface area contributed by atoms with Crippen LogP contribution in [0.15, 0.2) is 30.5 Å². The van der Waals surface area contributed by atoms with E-state index in [1.54, 1.807) is 24.4 Å². The second-order valence-electron chi connectivity index (χ2n) is 4.04. The number of pyridine rings is 1. The predicted octanol–water partition coefficient (Wildman–Crippen LogP) is 3.53. The molecule has 19 heavy (non-hydrogen) atoms. The Morgan fingerprint density at radius 2 is 2.05 bits per heavy atom. The number of hydrogen-bond acceptors (Lipinski definition) is 3. The average Bonchev–Trinajstić information content (AvgIpc) is 2.37. The van der Waals surface area contributed by atoms with E-state index in [-0.39, 0.29) is 11.1 Å². The fourth-order valence-corrected chi connectivity index (χ4v) is 1.83. The van der Waals surface area contributed by atoms with Gasteiger partial charge in [-0.1, -0.05) is 23.2 Å². The molecule has 0 atom stereocenters. The lowest BCUT2D eigenvalue weighted by Crippen LogP contribution is -2.12. The molecule has 3 N–H and O–H groups in total. The molecular formula is C13H11Cl2N3O. The van der Waals surface area contributed by atoms with Crippen LogP contribution in [0.2, 0.25) is 10.2 Å². The van der Waals surface area contributed by atoms with Gasteiger partial charge in [-0.3, -0.25) is 4.79 Å². The highest BCUT2D eigenvalue weighted by molar-refractivity contribution is 6.34. The van der Waals surface area contributed by atoms with Crippen LogP contribution < -0.4 is 11.1 Å². The first-order valence-corrected chi connectivity index (χ1v) is 6.21. The molecule has 6 heteroatoms. The van der Waals surface area contributed by atoms with Crippen LogP contribution in [0.1, 0.15) is 15.9 Å². The third-order valence-electron chi connectivity index (χ3n) is 2.49. The van der Waals surface area contributed by atoms with E-state index in [1.807, 2.05) is 6.92 Å². The summed E-state index contributed by atoms with van der Waals surface area (Å²) in [7, 11) is 0. The second-order valence-corrected chi connectivity index (χ2v) is 4.81. The van der Waals surface area contributed by atoms with Crippen molar-refractivity contribution in [2.75, 3.05) is 11.1 Å². The molecule has 0 spiro atoms. The SMILES string of the molecule is Cc1cnc(Cl)c(NC(=O)c2ccc(N)c(Cl)c2)c1. The van der Waals surface area contributed by atoms with Gasteiger partial charge in [-0.25, -0.2) is 4.98 Å². The van der Waals surface area contributed by atoms with Gasteiger partial charge in [0.25, 0.3) is 5.91 Å². The van der Waals surface area contributed by atoms with Crippen LogP contribution in [-0.2, 0) is 0 Å². The van der Waals surface area contributed by atoms with Crippen molar-refractivity contribution in [2.45, 2.75) is 6.92 Å². The van der Waals surface area contributed by atoms with E-state index in [0.717, 1.165) is 5.56 Å². The maximum atomic E-state index is 12.0. The maximum absolute atomic E-state index is 12.0. The zero-order valence-electron chi connectivity index (χ0n) is 10.1. The molecule has 1 aromatic carbocycles. The first kappa shape index (κ1) is 13.6. The Kier molecular flexibility index (Phi) is 3.93. The van der Waals surface area contributed by atoms with Gasteiger partial charge in [0.05, 0.1) is 16.4 Å². The van der Waals surface area contributed by atoms with Crippen LogP contribution in [0, 0.1) is 6.92 Å². The summed E-state index contributed by atoms with van der Waals surface area (Å²) in [6, 6.07) is 6.41. The molecule has 1 heterocycles. The molecule has 0 fully saturated rings. The first-order chi connectivity index (χ1) is 8.97. The van der Waals surface area contributed by atoms with Crippen molar-refractivity contribution in [3.8, 4) is 0 Å². The van der Waals surface area contributed by atoms with Crippen molar-refractivity contribution in [1.29, 1.82) is 0 Å². The van der Waals surface area contributed by atoms with Gasteiger partial charge in [0.2, 0.25) is 0 Å². The molecule has 1 amide bonds. The number of carbonyl (C=O) groups is 1. The summed E-state index contributed by atoms with van der Waals surface area (Å²) in [6.07, 6.45) is 1.62. The number of nitrogen functional groups attached to an aromatic ring is 1. The lowest BCUT2D eigenvalue weighted by atomic mass is 10.2. The Balaban J connectivity index is 2.25. The lowest BCUT2D eigenvalue weighted by molar-refractivity contribution is 0.102. The Morgan fingerprint density at radius 3 is 2.74 bits per heavy atom. The number of halogens is 2. The van der Waals surface area contributed by atoms with E-state index in [4.69, 9.17) is 28.9 Å². The molecule has 1 aromatic heterocycles. The van der Waals surface area contributed by atoms with Crippen LogP contribution in [0.4, 0.5) is 11.4 Å². The molecule has 0 aliphatic rings. The zero-order chi connectivity index (χ0) is 14.0. The minimum absolute atomic E-state index is 0.237. The van der Waals surface area contributed by atoms with Gasteiger partial charge >= 0.3 is 0 Å². The van der Waals surface area contributed by atoms with Crippen molar-refractivity contribution in [1.82, 2.24) is 4.98 Å². The largest absolute Gasteiger partial charge is 0.398 e. The molecule has 98 valence electrons. The fourth-order valence-electron chi connectivity index (χ4n) is 1.50. The van der Waals surface area contributed by atoms with Gasteiger partial charge in [-0.15, -0.1) is 0 Å². The van der Waals surface area contributed by atoms with Crippen molar-refractivity contribution < 1.29 is 4.79 Å². The predicted molar refractivity (Wildman–Crippen MR) is 77.8 cm³/mol. The van der Waals surface area contributed by atoms with E-state index in [2.05, 4.69) is 10.3 Å². The molecule has 0 aliphatic carbocycles. The standard InChI is InChI=1S/C13H11Cl2N3O/c1-7-4-11(12(15)17-6-7)18-13(19)8-2-3-10(16)9(14)5-8/h2-6H,16H2,1H3,(H,18,19). The summed E-state index contributed by atoms with van der Waals surface area (Å²) < 4.78 is 0. The van der Waals surface area contributed by atoms with E-state index in [9.17, 15) is 4.79 Å². The minimum Gasteiger partial charge on any atom is -0.398 e. The number of nitrogens with one attached hydrogen (secondary N) is 1. The summed E-state index contributed by atoms with van der Waals surface area (Å²) in [5.74, 6) is -0.323. The fraction of sp³-hybridized carbons (Fsp3) is 0.0769. The van der Waals surface area contributed by atoms with Crippen molar-refractivity contribution >= 4 is 40.5 Å². The smallest absolute Gasteiger partial charge is 0.255 e. The quantitative estimate of drug-likeness (QED) is 0.658. The average molecular weight is 296 g/mol. The van der Waals surface area contributed by atoms with Gasteiger partial charge in [0, 0.05) is 11.8 Å². The number of carbonyl (C=O) groups excluding carboxylic acids is 1. The van der Waals surface area contributed by atoms with E-state index >= 15 is 0 Å². The Hall–Kier alpha value is -1.78. The van der Waals surface area contributed by atoms with Gasteiger partial charge in [0.1, 0.15) is 0 Å². The highest BCUT2D eigenvalue weighted by Gasteiger charge is 2.10. The highest BCUT2D eigenvalue weighted by atomic mass is 35.5. The zero-order valence-corrected chi connectivity index (χ0v) is 11.6. The number of hydrogen-bond donors (Lipinski definition) is 2. The second kappa shape index (κ2) is 5.47. The van der Waals surface area contributed by atoms with Crippen molar-refractivity contribution in [2.24, 2.45) is 0 Å². The molecule has 0 saturated carbocycles. The van der Waals surface area contributed by atoms with Crippen LogP contribution in [0.25, 0.3) is 0 Å². The third kappa shape index (κ3) is 3.16. The van der Waals surface area contributed by atoms with Gasteiger partial charge in [-0.2, -0.15) is 0 Å². The van der Waals surface area contributed by atoms with Crippen LogP contribution in [0.5, 0.6) is 0 Å². The van der Waals surface area contributed by atoms with Crippen LogP contribution in [-0.4, -0.2) is 10.9 Å². The Labute approximate surface area is 120 Å². The topological polar surface area (TPSA) is 68.0 Å². The third-order valence-corrected chi connectivity index (χ3v) is 3.12. The van der Waals surface area contributed by atoms with Gasteiger partial charge in [-0.05, 0) is 36.8 Å². The molecule has 0 aliphatic heterocycles. The van der Waals surface area contributed by atoms with Gasteiger partial charge in [0.15, 0.2) is 5.15 Å². The number of nitrogens with two attached hydrogens (primary N) is 1. The Bertz CT molecular complexity index is 644. The molecule has 0 bridgehead atoms. The number of benzene rings is 1. The van der Waals surface area contributed by atoms with Crippen molar-refractivity contribution in [3.63, 3.8) is 0 Å². The van der Waals surface area contributed by atoms with Crippen molar-refractivity contribution in [3.05, 3.63) is 51.8 Å². The molecule has 0 unspecified atom stereocenters. The molecule has 2 aromatic rings. The highest BCUT2D eigenvalue weighted by Crippen LogP contribution is 2.23. The number of rotatable bonds is 2. The minimum atomic E-state index is -0.323. The van der Waals surface area contributed by atoms with E-state index in [0.29, 0.717) is 22.0 Å². The first-order valence-electron chi connectivity index (χ1n) is 5.46. The van der Waals surface area contributed by atoms with E-state index in [1.165, 1.54) is 6.07 Å². The summed E-state index contributed by atoms with van der Waals surface area (Å²) in [5.41, 5.74) is 7.77. The summed E-state index contributed by atoms with van der Waals surface area (Å²) in [4.78, 5) is 16.0. The Morgan fingerprint density at radius 1 is 1.32 bits per heavy atom. The summed E-state index contributed by atoms with van der Waals surface area (Å²) >= 11 is 11.8. The summed E-state index contributed by atoms with van der Waals surface area (Å²) in [5, 5.41) is 3.25. The molecule has 4 nitrogen and oxygen atoms in total. The maximum Gasteiger partial charge on any atom is 0.255 e. The van der Waals surface area contributed by atoms with Gasteiger partial charge < -0.3 is 11.1 Å². The number of nitrogens with zero attached hydrogens (tertiary/aromatic N) is 1. The lowest BCUT2D eigenvalue weighted by Gasteiger charge is -2.08. The normalized spacial score (nSPS) is 10.3. The molecule has 0 radical (unpaired) electrons. The molecule has 0 saturated heterocycles. The summed E-state index contributed by atoms with van der Waals surface area (Å²) in [6.45, 7) is 1.86. The number of aryl methyl sites for hydroxylation is 1. The van der Waals surface area contributed by atoms with E-state index < -0.39 is 0 Å². The molecular weight excluding hydrogens is 285 g/mol. The van der Waals surface area contributed by atoms with Crippen LogP contribution in [0.3, 0.4) is 0 Å². The van der Waals surface area contributed by atoms with Crippen LogP contribution >= 0.6 is 23.2 Å².